The molecule has 2 aromatic heterocycles. The molecule has 0 aliphatic carbocycles. The number of carbonyl (C=O) groups excluding carboxylic acids is 2. The number of benzene rings is 1. The fourth-order valence-corrected chi connectivity index (χ4v) is 3.49. The number of pyridine rings is 1. The van der Waals surface area contributed by atoms with Crippen molar-refractivity contribution in [2.24, 2.45) is 0 Å². The van der Waals surface area contributed by atoms with Gasteiger partial charge in [-0.2, -0.15) is 0 Å². The number of rotatable bonds is 6. The Morgan fingerprint density at radius 1 is 1.14 bits per heavy atom. The highest BCUT2D eigenvalue weighted by Gasteiger charge is 2.23. The second kappa shape index (κ2) is 9.11. The van der Waals surface area contributed by atoms with E-state index in [0.29, 0.717) is 32.2 Å². The molecule has 3 rings (SSSR count). The number of nitrogens with zero attached hydrogens (tertiary/aromatic N) is 1. The number of aromatic amines is 1. The van der Waals surface area contributed by atoms with E-state index in [1.165, 1.54) is 6.08 Å². The molecule has 0 bridgehead atoms. The third-order valence-electron chi connectivity index (χ3n) is 4.06. The van der Waals surface area contributed by atoms with Crippen molar-refractivity contribution in [3.8, 4) is 0 Å². The second-order valence-corrected chi connectivity index (χ2v) is 6.78. The number of fused-ring (bicyclic) bond motifs is 1. The zero-order valence-electron chi connectivity index (χ0n) is 15.8. The highest BCUT2D eigenvalue weighted by molar-refractivity contribution is 6.39. The van der Waals surface area contributed by atoms with Gasteiger partial charge in [-0.25, -0.2) is 9.59 Å². The third-order valence-corrected chi connectivity index (χ3v) is 4.57. The standard InChI is InChI=1S/C21H18Cl2N2O4/c1-3-28-20(26)13(16-7-5-6-8-24-16)11-14-18-15(23)9-12(22)10-17(18)25-19(14)21(27)29-4-2/h5-11,25H,3-4H2,1-2H3/b13-11+. The Kier molecular flexibility index (Phi) is 6.56. The molecule has 1 aromatic carbocycles. The van der Waals surface area contributed by atoms with Crippen molar-refractivity contribution in [2.45, 2.75) is 13.8 Å². The minimum Gasteiger partial charge on any atom is -0.462 e. The molecule has 8 heteroatoms. The number of carbonyl (C=O) groups is 2. The maximum Gasteiger partial charge on any atom is 0.355 e. The van der Waals surface area contributed by atoms with E-state index >= 15 is 0 Å². The first-order chi connectivity index (χ1) is 14.0. The van der Waals surface area contributed by atoms with Crippen LogP contribution < -0.4 is 0 Å². The van der Waals surface area contributed by atoms with Crippen molar-refractivity contribution in [1.29, 1.82) is 0 Å². The Hall–Kier alpha value is -2.83. The Morgan fingerprint density at radius 3 is 2.55 bits per heavy atom. The van der Waals surface area contributed by atoms with Gasteiger partial charge in [-0.3, -0.25) is 4.98 Å². The number of ether oxygens (including phenoxy) is 2. The Morgan fingerprint density at radius 2 is 1.90 bits per heavy atom. The van der Waals surface area contributed by atoms with Gasteiger partial charge in [0, 0.05) is 27.7 Å². The predicted molar refractivity (Wildman–Crippen MR) is 113 cm³/mol. The summed E-state index contributed by atoms with van der Waals surface area (Å²) < 4.78 is 10.3. The van der Waals surface area contributed by atoms with Crippen LogP contribution in [-0.4, -0.2) is 35.1 Å². The lowest BCUT2D eigenvalue weighted by molar-refractivity contribution is -0.136. The summed E-state index contributed by atoms with van der Waals surface area (Å²) in [6.07, 6.45) is 3.10. The molecule has 0 spiro atoms. The average Bonchev–Trinajstić information content (AvgIpc) is 3.05. The molecule has 0 saturated carbocycles. The second-order valence-electron chi connectivity index (χ2n) is 5.94. The van der Waals surface area contributed by atoms with Crippen LogP contribution in [0.25, 0.3) is 22.6 Å². The number of H-pyrrole nitrogens is 1. The molecule has 1 N–H and O–H groups in total. The van der Waals surface area contributed by atoms with Gasteiger partial charge < -0.3 is 14.5 Å². The summed E-state index contributed by atoms with van der Waals surface area (Å²) in [5, 5.41) is 1.27. The first kappa shape index (κ1) is 20.9. The lowest BCUT2D eigenvalue weighted by Gasteiger charge is -2.08. The van der Waals surface area contributed by atoms with Gasteiger partial charge in [0.25, 0.3) is 0 Å². The van der Waals surface area contributed by atoms with Crippen LogP contribution >= 0.6 is 23.2 Å². The molecule has 0 aliphatic heterocycles. The fraction of sp³-hybridized carbons (Fsp3) is 0.190. The van der Waals surface area contributed by atoms with Crippen LogP contribution in [0.4, 0.5) is 0 Å². The predicted octanol–water partition coefficient (Wildman–Crippen LogP) is 5.15. The van der Waals surface area contributed by atoms with Gasteiger partial charge in [-0.1, -0.05) is 29.3 Å². The summed E-state index contributed by atoms with van der Waals surface area (Å²) in [5.41, 5.74) is 1.68. The van der Waals surface area contributed by atoms with Gasteiger partial charge in [0.05, 0.1) is 29.5 Å². The Balaban J connectivity index is 2.30. The molecular formula is C21H18Cl2N2O4. The summed E-state index contributed by atoms with van der Waals surface area (Å²) >= 11 is 12.5. The number of esters is 2. The first-order valence-electron chi connectivity index (χ1n) is 8.94. The van der Waals surface area contributed by atoms with Gasteiger partial charge >= 0.3 is 11.9 Å². The van der Waals surface area contributed by atoms with E-state index < -0.39 is 11.9 Å². The quantitative estimate of drug-likeness (QED) is 0.430. The molecule has 0 unspecified atom stereocenters. The van der Waals surface area contributed by atoms with Crippen LogP contribution in [-0.2, 0) is 14.3 Å². The van der Waals surface area contributed by atoms with Gasteiger partial charge in [-0.05, 0) is 44.2 Å². The maximum absolute atomic E-state index is 12.6. The molecular weight excluding hydrogens is 415 g/mol. The SMILES string of the molecule is CCOC(=O)/C(=C/c1c(C(=O)OCC)[nH]c2cc(Cl)cc(Cl)c12)c1ccccn1. The van der Waals surface area contributed by atoms with Crippen LogP contribution in [0.15, 0.2) is 36.5 Å². The van der Waals surface area contributed by atoms with Crippen molar-refractivity contribution in [3.05, 3.63) is 63.5 Å². The van der Waals surface area contributed by atoms with Crippen LogP contribution in [0.1, 0.15) is 35.6 Å². The first-order valence-corrected chi connectivity index (χ1v) is 9.69. The minimum atomic E-state index is -0.577. The molecule has 0 amide bonds. The zero-order chi connectivity index (χ0) is 21.0. The van der Waals surface area contributed by atoms with E-state index in [1.54, 1.807) is 50.4 Å². The van der Waals surface area contributed by atoms with Crippen LogP contribution in [0.2, 0.25) is 10.0 Å². The van der Waals surface area contributed by atoms with Crippen molar-refractivity contribution in [1.82, 2.24) is 9.97 Å². The molecule has 0 fully saturated rings. The van der Waals surface area contributed by atoms with E-state index in [9.17, 15) is 9.59 Å². The number of hydrogen-bond donors (Lipinski definition) is 1. The van der Waals surface area contributed by atoms with Crippen molar-refractivity contribution in [2.75, 3.05) is 13.2 Å². The van der Waals surface area contributed by atoms with Crippen molar-refractivity contribution < 1.29 is 19.1 Å². The molecule has 0 saturated heterocycles. The molecule has 0 radical (unpaired) electrons. The van der Waals surface area contributed by atoms with E-state index in [1.807, 2.05) is 0 Å². The van der Waals surface area contributed by atoms with E-state index in [0.717, 1.165) is 0 Å². The lowest BCUT2D eigenvalue weighted by atomic mass is 10.0. The minimum absolute atomic E-state index is 0.156. The van der Waals surface area contributed by atoms with Gasteiger partial charge in [-0.15, -0.1) is 0 Å². The van der Waals surface area contributed by atoms with Crippen LogP contribution in [0.3, 0.4) is 0 Å². The topological polar surface area (TPSA) is 81.3 Å². The number of halogens is 2. The lowest BCUT2D eigenvalue weighted by Crippen LogP contribution is -2.09. The number of hydrogen-bond acceptors (Lipinski definition) is 5. The average molecular weight is 433 g/mol. The molecule has 0 atom stereocenters. The number of aromatic nitrogens is 2. The molecule has 0 aliphatic rings. The van der Waals surface area contributed by atoms with Gasteiger partial charge in [0.1, 0.15) is 5.69 Å². The smallest absolute Gasteiger partial charge is 0.355 e. The Labute approximate surface area is 177 Å². The summed E-state index contributed by atoms with van der Waals surface area (Å²) in [5.74, 6) is -1.15. The molecule has 29 heavy (non-hydrogen) atoms. The highest BCUT2D eigenvalue weighted by Crippen LogP contribution is 2.35. The zero-order valence-corrected chi connectivity index (χ0v) is 17.3. The normalized spacial score (nSPS) is 11.5. The van der Waals surface area contributed by atoms with E-state index in [4.69, 9.17) is 32.7 Å². The van der Waals surface area contributed by atoms with E-state index in [-0.39, 0.29) is 24.5 Å². The van der Waals surface area contributed by atoms with Crippen molar-refractivity contribution in [3.63, 3.8) is 0 Å². The molecule has 150 valence electrons. The molecule has 2 heterocycles. The Bertz CT molecular complexity index is 1090. The molecule has 6 nitrogen and oxygen atoms in total. The summed E-state index contributed by atoms with van der Waals surface area (Å²) in [4.78, 5) is 32.4. The number of nitrogens with one attached hydrogen (secondary N) is 1. The van der Waals surface area contributed by atoms with Crippen LogP contribution in [0.5, 0.6) is 0 Å². The van der Waals surface area contributed by atoms with E-state index in [2.05, 4.69) is 9.97 Å². The summed E-state index contributed by atoms with van der Waals surface area (Å²) in [7, 11) is 0. The highest BCUT2D eigenvalue weighted by atomic mass is 35.5. The summed E-state index contributed by atoms with van der Waals surface area (Å²) in [6.45, 7) is 3.80. The van der Waals surface area contributed by atoms with Gasteiger partial charge in [0.2, 0.25) is 0 Å². The maximum atomic E-state index is 12.6. The third kappa shape index (κ3) is 4.44. The fourth-order valence-electron chi connectivity index (χ4n) is 2.89. The molecule has 3 aromatic rings. The van der Waals surface area contributed by atoms with Crippen molar-refractivity contribution >= 4 is 57.7 Å². The van der Waals surface area contributed by atoms with Crippen LogP contribution in [0, 0.1) is 0 Å². The monoisotopic (exact) mass is 432 g/mol. The largest absolute Gasteiger partial charge is 0.462 e. The summed E-state index contributed by atoms with van der Waals surface area (Å²) in [6, 6.07) is 8.38. The van der Waals surface area contributed by atoms with Gasteiger partial charge in [0.15, 0.2) is 0 Å².